The number of hydrogen-bond donors (Lipinski definition) is 2. The van der Waals surface area contributed by atoms with Crippen molar-refractivity contribution in [1.29, 1.82) is 0 Å². The average molecular weight is 270 g/mol. The lowest BCUT2D eigenvalue weighted by molar-refractivity contribution is 0.102. The molecule has 5 heteroatoms. The van der Waals surface area contributed by atoms with E-state index < -0.39 is 0 Å². The Labute approximate surface area is 117 Å². The number of carbonyl (C=O) groups is 1. The molecule has 0 spiro atoms. The van der Waals surface area contributed by atoms with Crippen LogP contribution in [-0.4, -0.2) is 21.7 Å². The van der Waals surface area contributed by atoms with Gasteiger partial charge in [0.05, 0.1) is 11.9 Å². The highest BCUT2D eigenvalue weighted by Gasteiger charge is 2.34. The molecule has 1 aromatic heterocycles. The highest BCUT2D eigenvalue weighted by molar-refractivity contribution is 6.04. The summed E-state index contributed by atoms with van der Waals surface area (Å²) in [7, 11) is 0. The summed E-state index contributed by atoms with van der Waals surface area (Å²) in [6.07, 6.45) is 4.48. The van der Waals surface area contributed by atoms with Crippen molar-refractivity contribution < 1.29 is 4.79 Å². The van der Waals surface area contributed by atoms with Gasteiger partial charge in [0.15, 0.2) is 0 Å². The minimum Gasteiger partial charge on any atom is -0.327 e. The van der Waals surface area contributed by atoms with E-state index in [1.165, 1.54) is 0 Å². The summed E-state index contributed by atoms with van der Waals surface area (Å²) in [6.45, 7) is 2.78. The average Bonchev–Trinajstić information content (AvgIpc) is 3.02. The molecule has 2 atom stereocenters. The van der Waals surface area contributed by atoms with E-state index in [0.29, 0.717) is 17.2 Å². The SMILES string of the molecule is CCn1cc(NC(=O)c2cccc(C3CC3N)c2)cn1. The molecule has 20 heavy (non-hydrogen) atoms. The molecule has 1 aromatic carbocycles. The lowest BCUT2D eigenvalue weighted by Gasteiger charge is -2.05. The van der Waals surface area contributed by atoms with Crippen LogP contribution >= 0.6 is 0 Å². The number of amides is 1. The zero-order valence-corrected chi connectivity index (χ0v) is 11.4. The predicted molar refractivity (Wildman–Crippen MR) is 77.6 cm³/mol. The normalized spacial score (nSPS) is 20.7. The first-order valence-electron chi connectivity index (χ1n) is 6.86. The molecule has 0 radical (unpaired) electrons. The van der Waals surface area contributed by atoms with Crippen LogP contribution < -0.4 is 11.1 Å². The highest BCUT2D eigenvalue weighted by atomic mass is 16.1. The van der Waals surface area contributed by atoms with Gasteiger partial charge in [0.25, 0.3) is 5.91 Å². The van der Waals surface area contributed by atoms with E-state index in [4.69, 9.17) is 5.73 Å². The molecule has 0 saturated heterocycles. The van der Waals surface area contributed by atoms with Crippen molar-refractivity contribution in [2.24, 2.45) is 5.73 Å². The van der Waals surface area contributed by atoms with Gasteiger partial charge in [0.2, 0.25) is 0 Å². The van der Waals surface area contributed by atoms with Crippen LogP contribution in [0.15, 0.2) is 36.7 Å². The molecule has 3 rings (SSSR count). The van der Waals surface area contributed by atoms with Crippen LogP contribution in [0.3, 0.4) is 0 Å². The summed E-state index contributed by atoms with van der Waals surface area (Å²) in [5, 5.41) is 6.99. The molecule has 2 aromatic rings. The van der Waals surface area contributed by atoms with Gasteiger partial charge in [-0.15, -0.1) is 0 Å². The van der Waals surface area contributed by atoms with Crippen LogP contribution in [0.5, 0.6) is 0 Å². The van der Waals surface area contributed by atoms with Gasteiger partial charge in [-0.3, -0.25) is 9.48 Å². The lowest BCUT2D eigenvalue weighted by Crippen LogP contribution is -2.12. The van der Waals surface area contributed by atoms with Gasteiger partial charge >= 0.3 is 0 Å². The van der Waals surface area contributed by atoms with Crippen molar-refractivity contribution in [3.05, 3.63) is 47.8 Å². The van der Waals surface area contributed by atoms with E-state index >= 15 is 0 Å². The number of carbonyl (C=O) groups excluding carboxylic acids is 1. The molecule has 1 heterocycles. The highest BCUT2D eigenvalue weighted by Crippen LogP contribution is 2.39. The van der Waals surface area contributed by atoms with Crippen LogP contribution in [0.25, 0.3) is 0 Å². The summed E-state index contributed by atoms with van der Waals surface area (Å²) in [5.74, 6) is 0.294. The van der Waals surface area contributed by atoms with Gasteiger partial charge in [-0.05, 0) is 31.0 Å². The van der Waals surface area contributed by atoms with Gasteiger partial charge in [0, 0.05) is 30.3 Å². The molecule has 1 aliphatic carbocycles. The standard InChI is InChI=1S/C15H18N4O/c1-2-19-9-12(8-17-19)18-15(20)11-5-3-4-10(6-11)13-7-14(13)16/h3-6,8-9,13-14H,2,7,16H2,1H3,(H,18,20). The van der Waals surface area contributed by atoms with E-state index in [1.807, 2.05) is 37.4 Å². The van der Waals surface area contributed by atoms with Crippen molar-refractivity contribution in [1.82, 2.24) is 9.78 Å². The molecule has 0 bridgehead atoms. The number of benzene rings is 1. The van der Waals surface area contributed by atoms with Gasteiger partial charge in [0.1, 0.15) is 0 Å². The number of nitrogens with one attached hydrogen (secondary N) is 1. The van der Waals surface area contributed by atoms with E-state index in [2.05, 4.69) is 10.4 Å². The number of anilines is 1. The third-order valence-corrected chi connectivity index (χ3v) is 3.63. The summed E-state index contributed by atoms with van der Waals surface area (Å²) >= 11 is 0. The lowest BCUT2D eigenvalue weighted by atomic mass is 10.1. The van der Waals surface area contributed by atoms with E-state index in [-0.39, 0.29) is 11.9 Å². The second-order valence-corrected chi connectivity index (χ2v) is 5.17. The summed E-state index contributed by atoms with van der Waals surface area (Å²) in [4.78, 5) is 12.2. The monoisotopic (exact) mass is 270 g/mol. The van der Waals surface area contributed by atoms with Gasteiger partial charge in [-0.2, -0.15) is 5.10 Å². The second-order valence-electron chi connectivity index (χ2n) is 5.17. The minimum absolute atomic E-state index is 0.114. The van der Waals surface area contributed by atoms with Crippen molar-refractivity contribution in [3.8, 4) is 0 Å². The fourth-order valence-electron chi connectivity index (χ4n) is 2.31. The molecule has 3 N–H and O–H groups in total. The Morgan fingerprint density at radius 3 is 3.00 bits per heavy atom. The van der Waals surface area contributed by atoms with Crippen molar-refractivity contribution in [2.45, 2.75) is 31.8 Å². The Morgan fingerprint density at radius 1 is 1.55 bits per heavy atom. The number of rotatable bonds is 4. The number of nitrogens with two attached hydrogens (primary N) is 1. The summed E-state index contributed by atoms with van der Waals surface area (Å²) in [6, 6.07) is 7.93. The third kappa shape index (κ3) is 2.58. The summed E-state index contributed by atoms with van der Waals surface area (Å²) in [5.41, 5.74) is 8.37. The molecule has 1 saturated carbocycles. The zero-order valence-electron chi connectivity index (χ0n) is 11.4. The molecule has 0 aliphatic heterocycles. The van der Waals surface area contributed by atoms with Crippen molar-refractivity contribution in [2.75, 3.05) is 5.32 Å². The second kappa shape index (κ2) is 5.09. The maximum Gasteiger partial charge on any atom is 0.255 e. The Balaban J connectivity index is 1.73. The minimum atomic E-state index is -0.114. The predicted octanol–water partition coefficient (Wildman–Crippen LogP) is 1.97. The van der Waals surface area contributed by atoms with E-state index in [0.717, 1.165) is 18.5 Å². The van der Waals surface area contributed by atoms with Crippen LogP contribution in [0.2, 0.25) is 0 Å². The van der Waals surface area contributed by atoms with Crippen LogP contribution in [0.4, 0.5) is 5.69 Å². The van der Waals surface area contributed by atoms with Crippen molar-refractivity contribution >= 4 is 11.6 Å². The van der Waals surface area contributed by atoms with E-state index in [9.17, 15) is 4.79 Å². The topological polar surface area (TPSA) is 72.9 Å². The smallest absolute Gasteiger partial charge is 0.255 e. The largest absolute Gasteiger partial charge is 0.327 e. The number of aryl methyl sites for hydroxylation is 1. The maximum atomic E-state index is 12.2. The first-order valence-corrected chi connectivity index (χ1v) is 6.86. The Kier molecular flexibility index (Phi) is 3.28. The van der Waals surface area contributed by atoms with Crippen LogP contribution in [0, 0.1) is 0 Å². The molecular weight excluding hydrogens is 252 g/mol. The first-order chi connectivity index (χ1) is 9.67. The quantitative estimate of drug-likeness (QED) is 0.892. The molecule has 104 valence electrons. The molecule has 5 nitrogen and oxygen atoms in total. The zero-order chi connectivity index (χ0) is 14.1. The molecule has 1 fully saturated rings. The van der Waals surface area contributed by atoms with Crippen molar-refractivity contribution in [3.63, 3.8) is 0 Å². The fourth-order valence-corrected chi connectivity index (χ4v) is 2.31. The molecule has 2 unspecified atom stereocenters. The van der Waals surface area contributed by atoms with Gasteiger partial charge in [-0.1, -0.05) is 12.1 Å². The summed E-state index contributed by atoms with van der Waals surface area (Å²) < 4.78 is 1.77. The molecule has 1 aliphatic rings. The molecular formula is C15H18N4O. The van der Waals surface area contributed by atoms with Crippen LogP contribution in [-0.2, 0) is 6.54 Å². The fraction of sp³-hybridized carbons (Fsp3) is 0.333. The van der Waals surface area contributed by atoms with Crippen LogP contribution in [0.1, 0.15) is 35.2 Å². The van der Waals surface area contributed by atoms with Gasteiger partial charge in [-0.25, -0.2) is 0 Å². The maximum absolute atomic E-state index is 12.2. The Hall–Kier alpha value is -2.14. The number of hydrogen-bond acceptors (Lipinski definition) is 3. The Morgan fingerprint density at radius 2 is 2.35 bits per heavy atom. The number of aromatic nitrogens is 2. The Bertz CT molecular complexity index is 634. The van der Waals surface area contributed by atoms with Gasteiger partial charge < -0.3 is 11.1 Å². The first kappa shape index (κ1) is 12.9. The number of nitrogens with zero attached hydrogens (tertiary/aromatic N) is 2. The molecule has 1 amide bonds. The third-order valence-electron chi connectivity index (χ3n) is 3.63. The van der Waals surface area contributed by atoms with E-state index in [1.54, 1.807) is 10.9 Å².